The highest BCUT2D eigenvalue weighted by Gasteiger charge is 2.23. The first-order valence-electron chi connectivity index (χ1n) is 8.96. The lowest BCUT2D eigenvalue weighted by molar-refractivity contribution is -0.111. The molecule has 0 amide bonds. The van der Waals surface area contributed by atoms with Crippen molar-refractivity contribution in [3.63, 3.8) is 0 Å². The van der Waals surface area contributed by atoms with Crippen LogP contribution >= 0.6 is 31.9 Å². The summed E-state index contributed by atoms with van der Waals surface area (Å²) in [6.07, 6.45) is 1.01. The van der Waals surface area contributed by atoms with E-state index in [4.69, 9.17) is 0 Å². The topological polar surface area (TPSA) is 32.9 Å². The molecule has 2 aromatic carbocycles. The first-order valence-corrected chi connectivity index (χ1v) is 10.5. The molecule has 0 saturated heterocycles. The van der Waals surface area contributed by atoms with E-state index in [0.29, 0.717) is 0 Å². The van der Waals surface area contributed by atoms with Crippen LogP contribution < -0.4 is 0 Å². The molecule has 0 saturated carbocycles. The second-order valence-electron chi connectivity index (χ2n) is 7.98. The number of H-pyrrole nitrogens is 1. The van der Waals surface area contributed by atoms with Crippen molar-refractivity contribution in [1.29, 1.82) is 0 Å². The van der Waals surface area contributed by atoms with Gasteiger partial charge in [-0.2, -0.15) is 0 Å². The molecule has 2 nitrogen and oxygen atoms in total. The molecule has 3 aromatic rings. The van der Waals surface area contributed by atoms with Gasteiger partial charge in [0.15, 0.2) is 0 Å². The third-order valence-corrected chi connectivity index (χ3v) is 5.88. The van der Waals surface area contributed by atoms with Crippen molar-refractivity contribution in [3.8, 4) is 0 Å². The number of aromatic nitrogens is 1. The van der Waals surface area contributed by atoms with Gasteiger partial charge in [-0.1, -0.05) is 34.6 Å². The summed E-state index contributed by atoms with van der Waals surface area (Å²) in [5.41, 5.74) is 3.98. The maximum atomic E-state index is 11.5. The van der Waals surface area contributed by atoms with E-state index in [9.17, 15) is 4.79 Å². The van der Waals surface area contributed by atoms with Gasteiger partial charge in [-0.3, -0.25) is 0 Å². The van der Waals surface area contributed by atoms with E-state index in [2.05, 4.69) is 75.8 Å². The SMILES string of the molecule is CC.CC(C)(C)c1cc(Br)c2[nH]c3c(Br)cc(C(C)(C)C=O)cc3c2c1. The average Bonchev–Trinajstić information content (AvgIpc) is 2.96. The number of hydrogen-bond donors (Lipinski definition) is 1. The average molecular weight is 481 g/mol. The van der Waals surface area contributed by atoms with Gasteiger partial charge >= 0.3 is 0 Å². The van der Waals surface area contributed by atoms with Crippen LogP contribution in [0.15, 0.2) is 33.2 Å². The Kier molecular flexibility index (Phi) is 6.09. The van der Waals surface area contributed by atoms with Gasteiger partial charge in [-0.25, -0.2) is 0 Å². The molecule has 0 unspecified atom stereocenters. The standard InChI is InChI=1S/C20H21Br2NO.C2H6/c1-19(2,3)11-6-13-14-7-12(20(4,5)10-24)9-16(22)18(14)23-17(13)15(21)8-11;1-2/h6-10,23H,1-5H3;1-2H3. The van der Waals surface area contributed by atoms with Crippen LogP contribution in [0.3, 0.4) is 0 Å². The second kappa shape index (κ2) is 7.47. The summed E-state index contributed by atoms with van der Waals surface area (Å²) in [5, 5.41) is 2.31. The number of rotatable bonds is 2. The van der Waals surface area contributed by atoms with Crippen molar-refractivity contribution < 1.29 is 4.79 Å². The van der Waals surface area contributed by atoms with Crippen LogP contribution in [0.4, 0.5) is 0 Å². The van der Waals surface area contributed by atoms with Crippen molar-refractivity contribution in [2.45, 2.75) is 59.3 Å². The van der Waals surface area contributed by atoms with Crippen molar-refractivity contribution >= 4 is 60.0 Å². The van der Waals surface area contributed by atoms with Gasteiger partial charge in [0.1, 0.15) is 6.29 Å². The van der Waals surface area contributed by atoms with Gasteiger partial charge in [0.2, 0.25) is 0 Å². The smallest absolute Gasteiger partial charge is 0.129 e. The van der Waals surface area contributed by atoms with Crippen molar-refractivity contribution in [2.24, 2.45) is 0 Å². The minimum atomic E-state index is -0.515. The molecule has 0 fully saturated rings. The lowest BCUT2D eigenvalue weighted by atomic mass is 9.84. The zero-order valence-electron chi connectivity index (χ0n) is 16.6. The Balaban J connectivity index is 0.00000117. The minimum Gasteiger partial charge on any atom is -0.353 e. The van der Waals surface area contributed by atoms with Gasteiger partial charge in [-0.15, -0.1) is 0 Å². The lowest BCUT2D eigenvalue weighted by Gasteiger charge is -2.20. The Bertz CT molecular complexity index is 962. The zero-order valence-corrected chi connectivity index (χ0v) is 19.7. The maximum Gasteiger partial charge on any atom is 0.129 e. The van der Waals surface area contributed by atoms with Gasteiger partial charge < -0.3 is 9.78 Å². The molecule has 1 aromatic heterocycles. The highest BCUT2D eigenvalue weighted by Crippen LogP contribution is 2.39. The van der Waals surface area contributed by atoms with E-state index in [-0.39, 0.29) is 5.41 Å². The minimum absolute atomic E-state index is 0.0667. The fourth-order valence-electron chi connectivity index (χ4n) is 2.89. The van der Waals surface area contributed by atoms with Gasteiger partial charge in [0, 0.05) is 25.1 Å². The van der Waals surface area contributed by atoms with Gasteiger partial charge in [0.05, 0.1) is 11.0 Å². The normalized spacial score (nSPS) is 12.2. The monoisotopic (exact) mass is 479 g/mol. The third kappa shape index (κ3) is 3.77. The Morgan fingerprint density at radius 3 is 1.65 bits per heavy atom. The van der Waals surface area contributed by atoms with E-state index in [0.717, 1.165) is 37.2 Å². The van der Waals surface area contributed by atoms with Crippen LogP contribution in [-0.2, 0) is 15.6 Å². The summed E-state index contributed by atoms with van der Waals surface area (Å²) in [6, 6.07) is 8.60. The molecule has 0 bridgehead atoms. The van der Waals surface area contributed by atoms with Crippen molar-refractivity contribution in [1.82, 2.24) is 4.98 Å². The molecule has 0 radical (unpaired) electrons. The fourth-order valence-corrected chi connectivity index (χ4v) is 4.01. The number of nitrogens with one attached hydrogen (secondary N) is 1. The number of aldehydes is 1. The van der Waals surface area contributed by atoms with Crippen LogP contribution in [0.25, 0.3) is 21.8 Å². The summed E-state index contributed by atoms with van der Waals surface area (Å²) >= 11 is 7.38. The van der Waals surface area contributed by atoms with E-state index in [1.54, 1.807) is 0 Å². The molecule has 0 aliphatic heterocycles. The zero-order chi connectivity index (χ0) is 19.9. The molecule has 0 aliphatic carbocycles. The van der Waals surface area contributed by atoms with Crippen LogP contribution in [0.1, 0.15) is 59.6 Å². The Hall–Kier alpha value is -1.13. The first kappa shape index (κ1) is 21.2. The number of aromatic amines is 1. The quantitative estimate of drug-likeness (QED) is 0.375. The predicted octanol–water partition coefficient (Wildman–Crippen LogP) is 7.65. The molecular weight excluding hydrogens is 454 g/mol. The van der Waals surface area contributed by atoms with Crippen LogP contribution in [0.2, 0.25) is 0 Å². The summed E-state index contributed by atoms with van der Waals surface area (Å²) < 4.78 is 2.04. The maximum absolute atomic E-state index is 11.5. The summed E-state index contributed by atoms with van der Waals surface area (Å²) in [5.74, 6) is 0. The van der Waals surface area contributed by atoms with E-state index < -0.39 is 5.41 Å². The summed E-state index contributed by atoms with van der Waals surface area (Å²) in [6.45, 7) is 14.5. The molecule has 0 aliphatic rings. The number of carbonyl (C=O) groups excluding carboxylic acids is 1. The van der Waals surface area contributed by atoms with Crippen LogP contribution in [0.5, 0.6) is 0 Å². The lowest BCUT2D eigenvalue weighted by Crippen LogP contribution is -2.18. The van der Waals surface area contributed by atoms with Gasteiger partial charge in [-0.05, 0) is 86.5 Å². The number of hydrogen-bond acceptors (Lipinski definition) is 1. The van der Waals surface area contributed by atoms with Crippen molar-refractivity contribution in [2.75, 3.05) is 0 Å². The molecule has 26 heavy (non-hydrogen) atoms. The molecule has 1 heterocycles. The van der Waals surface area contributed by atoms with Crippen LogP contribution in [0, 0.1) is 0 Å². The van der Waals surface area contributed by atoms with E-state index in [1.807, 2.05) is 33.8 Å². The molecule has 140 valence electrons. The number of halogens is 2. The van der Waals surface area contributed by atoms with E-state index >= 15 is 0 Å². The van der Waals surface area contributed by atoms with Gasteiger partial charge in [0.25, 0.3) is 0 Å². The number of fused-ring (bicyclic) bond motifs is 3. The van der Waals surface area contributed by atoms with Crippen molar-refractivity contribution in [3.05, 3.63) is 44.3 Å². The molecule has 4 heteroatoms. The Labute approximate surface area is 173 Å². The Morgan fingerprint density at radius 2 is 1.23 bits per heavy atom. The summed E-state index contributed by atoms with van der Waals surface area (Å²) in [4.78, 5) is 15.0. The molecule has 0 atom stereocenters. The largest absolute Gasteiger partial charge is 0.353 e. The second-order valence-corrected chi connectivity index (χ2v) is 9.68. The first-order chi connectivity index (χ1) is 12.0. The third-order valence-electron chi connectivity index (χ3n) is 4.63. The fraction of sp³-hybridized carbons (Fsp3) is 0.409. The summed E-state index contributed by atoms with van der Waals surface area (Å²) in [7, 11) is 0. The van der Waals surface area contributed by atoms with Crippen LogP contribution in [-0.4, -0.2) is 11.3 Å². The predicted molar refractivity (Wildman–Crippen MR) is 120 cm³/mol. The molecule has 1 N–H and O–H groups in total. The van der Waals surface area contributed by atoms with E-state index in [1.165, 1.54) is 10.9 Å². The number of benzene rings is 2. The number of carbonyl (C=O) groups is 1. The molecule has 3 rings (SSSR count). The highest BCUT2D eigenvalue weighted by atomic mass is 79.9. The Morgan fingerprint density at radius 1 is 0.808 bits per heavy atom. The molecule has 0 spiro atoms. The molecular formula is C22H27Br2NO. The highest BCUT2D eigenvalue weighted by molar-refractivity contribution is 9.11.